The molecule has 76 valence electrons. The topological polar surface area (TPSA) is 169 Å². The molecule has 0 aliphatic heterocycles. The van der Waals surface area contributed by atoms with Crippen LogP contribution in [0.3, 0.4) is 0 Å². The Bertz CT molecular complexity index is 269. The Kier molecular flexibility index (Phi) is 6.09. The zero-order valence-corrected chi connectivity index (χ0v) is 7.66. The molecule has 1 atom stereocenters. The third-order valence-electron chi connectivity index (χ3n) is 0.180. The first kappa shape index (κ1) is 14.6. The van der Waals surface area contributed by atoms with Crippen LogP contribution in [0.5, 0.6) is 0 Å². The van der Waals surface area contributed by atoms with Crippen LogP contribution in [-0.4, -0.2) is 36.4 Å². The number of hydrogen-bond acceptors (Lipinski definition) is 4. The molecule has 0 aromatic rings. The maximum Gasteiger partial charge on any atom is 0.466 e. The van der Waals surface area contributed by atoms with Gasteiger partial charge in [-0.3, -0.25) is 9.11 Å². The fourth-order valence-electron chi connectivity index (χ4n) is 0. The summed E-state index contributed by atoms with van der Waals surface area (Å²) >= 11 is 0. The molecule has 0 aromatic heterocycles. The van der Waals surface area contributed by atoms with Crippen LogP contribution in [0.15, 0.2) is 0 Å². The summed E-state index contributed by atoms with van der Waals surface area (Å²) in [6.07, 6.45) is 0. The molecule has 0 bridgehead atoms. The van der Waals surface area contributed by atoms with E-state index >= 15 is 0 Å². The summed E-state index contributed by atoms with van der Waals surface area (Å²) in [5.74, 6) is 0. The molecule has 0 radical (unpaired) electrons. The molecule has 0 heterocycles. The highest BCUT2D eigenvalue weighted by Crippen LogP contribution is 2.25. The van der Waals surface area contributed by atoms with Gasteiger partial charge < -0.3 is 14.7 Å². The smallest absolute Gasteiger partial charge is 0.303 e. The van der Waals surface area contributed by atoms with Crippen molar-refractivity contribution in [3.8, 4) is 0 Å². The molecule has 0 saturated carbocycles. The number of phosphoric acid groups is 1. The Morgan fingerprint density at radius 2 is 1.25 bits per heavy atom. The second-order valence-electron chi connectivity index (χ2n) is 1.16. The van der Waals surface area contributed by atoms with Crippen molar-refractivity contribution in [2.75, 3.05) is 0 Å². The number of rotatable bonds is 1. The molecule has 0 rings (SSSR count). The van der Waals surface area contributed by atoms with Gasteiger partial charge in [0.15, 0.2) is 0 Å². The summed E-state index contributed by atoms with van der Waals surface area (Å²) in [5.41, 5.74) is 0. The van der Waals surface area contributed by atoms with Crippen LogP contribution in [0.25, 0.3) is 0 Å². The summed E-state index contributed by atoms with van der Waals surface area (Å²) in [6.45, 7) is 0. The van der Waals surface area contributed by atoms with Gasteiger partial charge in [-0.15, -0.1) is 0 Å². The Hall–Kier alpha value is 0.130. The van der Waals surface area contributed by atoms with Gasteiger partial charge >= 0.3 is 27.1 Å². The van der Waals surface area contributed by atoms with E-state index < -0.39 is 27.1 Å². The number of hydrogen-bond donors (Lipinski definition) is 5. The first-order valence-electron chi connectivity index (χ1n) is 1.81. The van der Waals surface area contributed by atoms with Gasteiger partial charge in [0.25, 0.3) is 0 Å². The highest BCUT2D eigenvalue weighted by atomic mass is 33.2. The summed E-state index contributed by atoms with van der Waals surface area (Å²) in [7, 11) is -12.5. The van der Waals surface area contributed by atoms with Crippen LogP contribution in [0.2, 0.25) is 0 Å². The van der Waals surface area contributed by atoms with Crippen molar-refractivity contribution in [2.45, 2.75) is 0 Å². The Labute approximate surface area is 68.7 Å². The molecule has 5 N–H and O–H groups in total. The van der Waals surface area contributed by atoms with E-state index in [1.54, 1.807) is 0 Å². The Morgan fingerprint density at radius 1 is 1.17 bits per heavy atom. The summed E-state index contributed by atoms with van der Waals surface area (Å²) in [5, 5.41) is 0. The average molecular weight is 244 g/mol. The minimum Gasteiger partial charge on any atom is -0.303 e. The first-order valence-corrected chi connectivity index (χ1v) is 6.44. The lowest BCUT2D eigenvalue weighted by Gasteiger charge is -1.82. The third-order valence-corrected chi connectivity index (χ3v) is 1.62. The van der Waals surface area contributed by atoms with E-state index in [0.29, 0.717) is 0 Å². The molecule has 0 spiro atoms. The van der Waals surface area contributed by atoms with Gasteiger partial charge in [0.1, 0.15) is 0 Å². The van der Waals surface area contributed by atoms with E-state index in [1.807, 2.05) is 0 Å². The summed E-state index contributed by atoms with van der Waals surface area (Å²) in [4.78, 5) is 21.6. The lowest BCUT2D eigenvalue weighted by molar-refractivity contribution is 0.275. The summed E-state index contributed by atoms with van der Waals surface area (Å²) < 4.78 is 51.9. The van der Waals surface area contributed by atoms with Crippen molar-refractivity contribution in [1.29, 1.82) is 0 Å². The molecule has 12 heteroatoms. The van der Waals surface area contributed by atoms with Gasteiger partial charge in [-0.25, -0.2) is 8.77 Å². The molecular formula is H5O9PS2. The minimum absolute atomic E-state index is 3.16. The van der Waals surface area contributed by atoms with Gasteiger partial charge in [-0.05, 0) is 0 Å². The van der Waals surface area contributed by atoms with E-state index in [9.17, 15) is 12.6 Å². The molecule has 12 heavy (non-hydrogen) atoms. The molecule has 1 unspecified atom stereocenters. The SMILES string of the molecule is O=P(O)(O)O.O=S(O)S(=O)(=O)O. The maximum atomic E-state index is 9.34. The van der Waals surface area contributed by atoms with Gasteiger partial charge in [-0.1, -0.05) is 0 Å². The van der Waals surface area contributed by atoms with Crippen LogP contribution >= 0.6 is 7.82 Å². The quantitative estimate of drug-likeness (QED) is 0.153. The van der Waals surface area contributed by atoms with Gasteiger partial charge in [0.05, 0.1) is 0 Å². The normalized spacial score (nSPS) is 14.4. The average Bonchev–Trinajstić information content (AvgIpc) is 1.55. The third kappa shape index (κ3) is 22.5. The maximum absolute atomic E-state index is 9.34. The molecular weight excluding hydrogens is 239 g/mol. The lowest BCUT2D eigenvalue weighted by atomic mass is 15.8. The molecule has 0 aliphatic rings. The molecule has 0 aliphatic carbocycles. The fraction of sp³-hybridized carbons (Fsp3) is 0. The van der Waals surface area contributed by atoms with E-state index in [1.165, 1.54) is 0 Å². The Morgan fingerprint density at radius 3 is 1.25 bits per heavy atom. The van der Waals surface area contributed by atoms with E-state index in [4.69, 9.17) is 28.4 Å². The van der Waals surface area contributed by atoms with Crippen molar-refractivity contribution in [2.24, 2.45) is 0 Å². The van der Waals surface area contributed by atoms with Gasteiger partial charge in [0.2, 0.25) is 0 Å². The van der Waals surface area contributed by atoms with Crippen molar-refractivity contribution in [3.63, 3.8) is 0 Å². The van der Waals surface area contributed by atoms with Gasteiger partial charge in [-0.2, -0.15) is 8.42 Å². The second kappa shape index (κ2) is 4.99. The predicted octanol–water partition coefficient (Wildman–Crippen LogP) is -1.92. The fourth-order valence-corrected chi connectivity index (χ4v) is 0. The summed E-state index contributed by atoms with van der Waals surface area (Å²) in [6, 6.07) is 0. The Balaban J connectivity index is 0. The molecule has 0 saturated heterocycles. The predicted molar refractivity (Wildman–Crippen MR) is 36.6 cm³/mol. The second-order valence-corrected chi connectivity index (χ2v) is 5.59. The van der Waals surface area contributed by atoms with Crippen LogP contribution in [0, 0.1) is 0 Å². The monoisotopic (exact) mass is 244 g/mol. The van der Waals surface area contributed by atoms with Crippen LogP contribution in [0.4, 0.5) is 0 Å². The highest BCUT2D eigenvalue weighted by Gasteiger charge is 2.10. The van der Waals surface area contributed by atoms with E-state index in [0.717, 1.165) is 0 Å². The lowest BCUT2D eigenvalue weighted by Crippen LogP contribution is -2.03. The first-order chi connectivity index (χ1) is 4.94. The van der Waals surface area contributed by atoms with Crippen molar-refractivity contribution >= 4 is 27.1 Å². The highest BCUT2D eigenvalue weighted by molar-refractivity contribution is 8.59. The van der Waals surface area contributed by atoms with Crippen molar-refractivity contribution in [1.82, 2.24) is 0 Å². The minimum atomic E-state index is -4.71. The molecule has 0 aromatic carbocycles. The van der Waals surface area contributed by atoms with Crippen LogP contribution in [0.1, 0.15) is 0 Å². The standard InChI is InChI=1S/H2O5S2.H3O4P/c1-6(2)7(3,4)5;1-5(2,3)4/h(H,1,2)(H,3,4,5);(H3,1,2,3,4). The largest absolute Gasteiger partial charge is 0.466 e. The van der Waals surface area contributed by atoms with Crippen molar-refractivity contribution in [3.05, 3.63) is 0 Å². The van der Waals surface area contributed by atoms with E-state index in [-0.39, 0.29) is 0 Å². The van der Waals surface area contributed by atoms with Crippen LogP contribution in [-0.2, 0) is 23.8 Å². The van der Waals surface area contributed by atoms with E-state index in [2.05, 4.69) is 0 Å². The molecule has 9 nitrogen and oxygen atoms in total. The van der Waals surface area contributed by atoms with Crippen LogP contribution < -0.4 is 0 Å². The zero-order valence-electron chi connectivity index (χ0n) is 5.13. The molecule has 0 fully saturated rings. The zero-order chi connectivity index (χ0) is 10.6. The molecule has 0 amide bonds. The van der Waals surface area contributed by atoms with Crippen molar-refractivity contribution < 1.29 is 41.0 Å². The van der Waals surface area contributed by atoms with Gasteiger partial charge in [0, 0.05) is 0 Å².